The van der Waals surface area contributed by atoms with Crippen LogP contribution in [0, 0.1) is 11.8 Å². The Labute approximate surface area is 149 Å². The van der Waals surface area contributed by atoms with Crippen LogP contribution in [0.2, 0.25) is 0 Å². The molecule has 1 saturated carbocycles. The number of carbonyl (C=O) groups is 2. The number of methoxy groups -OCH3 is 2. The molecule has 6 heteroatoms. The van der Waals surface area contributed by atoms with Gasteiger partial charge in [0, 0.05) is 43.9 Å². The number of amides is 2. The van der Waals surface area contributed by atoms with Gasteiger partial charge in [0.15, 0.2) is 0 Å². The highest BCUT2D eigenvalue weighted by molar-refractivity contribution is 5.93. The van der Waals surface area contributed by atoms with Gasteiger partial charge < -0.3 is 20.1 Å². The second-order valence-electron chi connectivity index (χ2n) is 6.41. The Morgan fingerprint density at radius 3 is 2.40 bits per heavy atom. The van der Waals surface area contributed by atoms with Crippen LogP contribution in [-0.2, 0) is 14.3 Å². The van der Waals surface area contributed by atoms with Crippen LogP contribution in [0.1, 0.15) is 32.1 Å². The standard InChI is InChI=1S/C19H28N2O4/c1-24-12-4-11-20-18(22)14-7-9-15(10-8-14)19(23)21-16-5-3-6-17(13-16)25-2/h3,5-6,13-15H,4,7-12H2,1-2H3,(H,20,22)(H,21,23). The lowest BCUT2D eigenvalue weighted by Crippen LogP contribution is -2.36. The molecule has 2 amide bonds. The van der Waals surface area contributed by atoms with E-state index >= 15 is 0 Å². The summed E-state index contributed by atoms with van der Waals surface area (Å²) in [6.07, 6.45) is 3.82. The highest BCUT2D eigenvalue weighted by Crippen LogP contribution is 2.30. The molecule has 6 nitrogen and oxygen atoms in total. The monoisotopic (exact) mass is 348 g/mol. The summed E-state index contributed by atoms with van der Waals surface area (Å²) in [6, 6.07) is 7.34. The number of hydrogen-bond acceptors (Lipinski definition) is 4. The fraction of sp³-hybridized carbons (Fsp3) is 0.579. The average Bonchev–Trinajstić information content (AvgIpc) is 2.65. The van der Waals surface area contributed by atoms with Crippen LogP contribution >= 0.6 is 0 Å². The number of carbonyl (C=O) groups excluding carboxylic acids is 2. The smallest absolute Gasteiger partial charge is 0.227 e. The van der Waals surface area contributed by atoms with Gasteiger partial charge in [-0.15, -0.1) is 0 Å². The van der Waals surface area contributed by atoms with Crippen molar-refractivity contribution in [1.82, 2.24) is 5.32 Å². The summed E-state index contributed by atoms with van der Waals surface area (Å²) in [5.74, 6) is 0.814. The van der Waals surface area contributed by atoms with Gasteiger partial charge in [0.2, 0.25) is 11.8 Å². The van der Waals surface area contributed by atoms with E-state index < -0.39 is 0 Å². The maximum absolute atomic E-state index is 12.4. The quantitative estimate of drug-likeness (QED) is 0.708. The lowest BCUT2D eigenvalue weighted by molar-refractivity contribution is -0.128. The third-order valence-electron chi connectivity index (χ3n) is 4.63. The molecule has 1 aliphatic carbocycles. The summed E-state index contributed by atoms with van der Waals surface area (Å²) in [6.45, 7) is 1.29. The summed E-state index contributed by atoms with van der Waals surface area (Å²) in [4.78, 5) is 24.6. The molecule has 2 rings (SSSR count). The summed E-state index contributed by atoms with van der Waals surface area (Å²) < 4.78 is 10.1. The minimum absolute atomic E-state index is 0.0171. The first-order chi connectivity index (χ1) is 12.1. The minimum Gasteiger partial charge on any atom is -0.497 e. The van der Waals surface area contributed by atoms with Gasteiger partial charge in [0.1, 0.15) is 5.75 Å². The molecule has 0 unspecified atom stereocenters. The normalized spacial score (nSPS) is 19.9. The molecule has 0 bridgehead atoms. The molecule has 0 radical (unpaired) electrons. The van der Waals surface area contributed by atoms with E-state index in [1.165, 1.54) is 0 Å². The third kappa shape index (κ3) is 6.05. The first-order valence-electron chi connectivity index (χ1n) is 8.85. The van der Waals surface area contributed by atoms with Crippen molar-refractivity contribution in [3.63, 3.8) is 0 Å². The molecule has 138 valence electrons. The number of benzene rings is 1. The molecule has 1 aromatic carbocycles. The van der Waals surface area contributed by atoms with Crippen LogP contribution in [0.25, 0.3) is 0 Å². The van der Waals surface area contributed by atoms with Crippen molar-refractivity contribution in [3.05, 3.63) is 24.3 Å². The SMILES string of the molecule is COCCCNC(=O)C1CCC(C(=O)Nc2cccc(OC)c2)CC1. The highest BCUT2D eigenvalue weighted by Gasteiger charge is 2.29. The van der Waals surface area contributed by atoms with Crippen molar-refractivity contribution < 1.29 is 19.1 Å². The van der Waals surface area contributed by atoms with Crippen molar-refractivity contribution >= 4 is 17.5 Å². The van der Waals surface area contributed by atoms with Crippen molar-refractivity contribution in [1.29, 1.82) is 0 Å². The Morgan fingerprint density at radius 1 is 1.08 bits per heavy atom. The number of nitrogens with one attached hydrogen (secondary N) is 2. The second-order valence-corrected chi connectivity index (χ2v) is 6.41. The van der Waals surface area contributed by atoms with Crippen molar-refractivity contribution in [2.45, 2.75) is 32.1 Å². The molecule has 0 aromatic heterocycles. The predicted molar refractivity (Wildman–Crippen MR) is 96.6 cm³/mol. The molecule has 1 aromatic rings. The van der Waals surface area contributed by atoms with Crippen molar-refractivity contribution in [2.24, 2.45) is 11.8 Å². The average molecular weight is 348 g/mol. The predicted octanol–water partition coefficient (Wildman–Crippen LogP) is 2.59. The molecule has 0 spiro atoms. The molecule has 2 N–H and O–H groups in total. The number of hydrogen-bond donors (Lipinski definition) is 2. The van der Waals surface area contributed by atoms with E-state index in [0.29, 0.717) is 18.9 Å². The van der Waals surface area contributed by atoms with E-state index in [2.05, 4.69) is 10.6 Å². The molecule has 0 heterocycles. The van der Waals surface area contributed by atoms with Crippen LogP contribution < -0.4 is 15.4 Å². The maximum Gasteiger partial charge on any atom is 0.227 e. The summed E-state index contributed by atoms with van der Waals surface area (Å²) >= 11 is 0. The second kappa shape index (κ2) is 10.0. The van der Waals surface area contributed by atoms with Crippen LogP contribution in [0.5, 0.6) is 5.75 Å². The summed E-state index contributed by atoms with van der Waals surface area (Å²) in [7, 11) is 3.25. The molecule has 0 aliphatic heterocycles. The summed E-state index contributed by atoms with van der Waals surface area (Å²) in [5.41, 5.74) is 0.738. The molecular formula is C19H28N2O4. The van der Waals surface area contributed by atoms with E-state index in [1.54, 1.807) is 20.3 Å². The molecular weight excluding hydrogens is 320 g/mol. The Morgan fingerprint density at radius 2 is 1.76 bits per heavy atom. The zero-order chi connectivity index (χ0) is 18.1. The first-order valence-corrected chi connectivity index (χ1v) is 8.85. The van der Waals surface area contributed by atoms with E-state index in [9.17, 15) is 9.59 Å². The Kier molecular flexibility index (Phi) is 7.73. The zero-order valence-electron chi connectivity index (χ0n) is 15.0. The number of anilines is 1. The fourth-order valence-electron chi connectivity index (χ4n) is 3.14. The van der Waals surface area contributed by atoms with E-state index in [1.807, 2.05) is 18.2 Å². The van der Waals surface area contributed by atoms with Crippen LogP contribution in [-0.4, -0.2) is 39.2 Å². The van der Waals surface area contributed by atoms with Gasteiger partial charge in [-0.2, -0.15) is 0 Å². The fourth-order valence-corrected chi connectivity index (χ4v) is 3.14. The van der Waals surface area contributed by atoms with Gasteiger partial charge in [-0.05, 0) is 44.2 Å². The molecule has 0 atom stereocenters. The molecule has 25 heavy (non-hydrogen) atoms. The maximum atomic E-state index is 12.4. The van der Waals surface area contributed by atoms with Crippen LogP contribution in [0.15, 0.2) is 24.3 Å². The van der Waals surface area contributed by atoms with Crippen LogP contribution in [0.3, 0.4) is 0 Å². The van der Waals surface area contributed by atoms with Gasteiger partial charge in [-0.25, -0.2) is 0 Å². The van der Waals surface area contributed by atoms with E-state index in [0.717, 1.165) is 37.8 Å². The topological polar surface area (TPSA) is 76.7 Å². The minimum atomic E-state index is -0.0382. The largest absolute Gasteiger partial charge is 0.497 e. The lowest BCUT2D eigenvalue weighted by atomic mass is 9.81. The van der Waals surface area contributed by atoms with Gasteiger partial charge in [-0.3, -0.25) is 9.59 Å². The summed E-state index contributed by atoms with van der Waals surface area (Å²) in [5, 5.41) is 5.90. The Balaban J connectivity index is 1.75. The lowest BCUT2D eigenvalue weighted by Gasteiger charge is -2.27. The Bertz CT molecular complexity index is 568. The number of rotatable bonds is 8. The highest BCUT2D eigenvalue weighted by atomic mass is 16.5. The van der Waals surface area contributed by atoms with E-state index in [4.69, 9.17) is 9.47 Å². The Hall–Kier alpha value is -2.08. The molecule has 1 aliphatic rings. The molecule has 0 saturated heterocycles. The van der Waals surface area contributed by atoms with Gasteiger partial charge in [-0.1, -0.05) is 6.07 Å². The van der Waals surface area contributed by atoms with Gasteiger partial charge >= 0.3 is 0 Å². The van der Waals surface area contributed by atoms with Crippen LogP contribution in [0.4, 0.5) is 5.69 Å². The van der Waals surface area contributed by atoms with Gasteiger partial charge in [0.05, 0.1) is 7.11 Å². The van der Waals surface area contributed by atoms with Crippen molar-refractivity contribution in [3.8, 4) is 5.75 Å². The third-order valence-corrected chi connectivity index (χ3v) is 4.63. The van der Waals surface area contributed by atoms with Crippen molar-refractivity contribution in [2.75, 3.05) is 32.7 Å². The first kappa shape index (κ1) is 19.2. The number of ether oxygens (including phenoxy) is 2. The van der Waals surface area contributed by atoms with E-state index in [-0.39, 0.29) is 23.7 Å². The van der Waals surface area contributed by atoms with Gasteiger partial charge in [0.25, 0.3) is 0 Å². The zero-order valence-corrected chi connectivity index (χ0v) is 15.0. The molecule has 1 fully saturated rings.